The lowest BCUT2D eigenvalue weighted by molar-refractivity contribution is -0.138. The summed E-state index contributed by atoms with van der Waals surface area (Å²) in [7, 11) is -9.57. The number of carboxylic acids is 1. The molecule has 0 radical (unpaired) electrons. The summed E-state index contributed by atoms with van der Waals surface area (Å²) in [6, 6.07) is 3.50. The van der Waals surface area contributed by atoms with Crippen molar-refractivity contribution in [2.24, 2.45) is 0 Å². The Labute approximate surface area is 163 Å². The molecular formula is C15H13B2F3O8S. The van der Waals surface area contributed by atoms with Crippen LogP contribution in [0.3, 0.4) is 0 Å². The molecule has 0 atom stereocenters. The minimum absolute atomic E-state index is 0.131. The number of carboxylic acid groups (broad SMARTS) is 1. The topological polar surface area (TPSA) is 152 Å². The largest absolute Gasteiger partial charge is 0.488 e. The van der Waals surface area contributed by atoms with Crippen LogP contribution in [0.2, 0.25) is 0 Å². The van der Waals surface area contributed by atoms with Gasteiger partial charge in [-0.05, 0) is 42.1 Å². The van der Waals surface area contributed by atoms with Crippen molar-refractivity contribution >= 4 is 41.0 Å². The van der Waals surface area contributed by atoms with Crippen molar-refractivity contribution in [3.8, 4) is 0 Å². The van der Waals surface area contributed by atoms with E-state index in [9.17, 15) is 51.6 Å². The first-order valence-corrected chi connectivity index (χ1v) is 9.22. The van der Waals surface area contributed by atoms with Crippen molar-refractivity contribution in [1.29, 1.82) is 0 Å². The number of alkyl halides is 3. The quantitative estimate of drug-likeness (QED) is 0.374. The minimum Gasteiger partial charge on any atom is -0.478 e. The summed E-state index contributed by atoms with van der Waals surface area (Å²) in [6.07, 6.45) is -5.32. The van der Waals surface area contributed by atoms with Gasteiger partial charge in [-0.15, -0.1) is 0 Å². The van der Waals surface area contributed by atoms with Gasteiger partial charge in [0.25, 0.3) is 0 Å². The Hall–Kier alpha value is -2.38. The molecule has 0 spiro atoms. The molecule has 2 aromatic rings. The molecule has 154 valence electrons. The zero-order valence-corrected chi connectivity index (χ0v) is 15.4. The highest BCUT2D eigenvalue weighted by molar-refractivity contribution is 7.91. The maximum Gasteiger partial charge on any atom is 0.488 e. The normalized spacial score (nSPS) is 12.0. The minimum atomic E-state index is -5.32. The van der Waals surface area contributed by atoms with E-state index in [-0.39, 0.29) is 17.1 Å². The average Bonchev–Trinajstić information content (AvgIpc) is 2.58. The maximum atomic E-state index is 13.4. The lowest BCUT2D eigenvalue weighted by Gasteiger charge is -2.17. The summed E-state index contributed by atoms with van der Waals surface area (Å²) in [6.45, 7) is 1.37. The van der Waals surface area contributed by atoms with Gasteiger partial charge in [0.1, 0.15) is 0 Å². The fourth-order valence-electron chi connectivity index (χ4n) is 2.65. The smallest absolute Gasteiger partial charge is 0.478 e. The van der Waals surface area contributed by atoms with E-state index in [2.05, 4.69) is 0 Å². The zero-order chi connectivity index (χ0) is 22.3. The lowest BCUT2D eigenvalue weighted by atomic mass is 9.78. The van der Waals surface area contributed by atoms with Crippen molar-refractivity contribution in [1.82, 2.24) is 0 Å². The van der Waals surface area contributed by atoms with Gasteiger partial charge in [-0.1, -0.05) is 11.6 Å². The second-order valence-corrected chi connectivity index (χ2v) is 7.99. The second-order valence-electron chi connectivity index (χ2n) is 6.07. The van der Waals surface area contributed by atoms with Gasteiger partial charge < -0.3 is 25.2 Å². The fraction of sp³-hybridized carbons (Fsp3) is 0.133. The van der Waals surface area contributed by atoms with Crippen molar-refractivity contribution in [3.63, 3.8) is 0 Å². The molecule has 14 heteroatoms. The Bertz CT molecular complexity index is 1070. The van der Waals surface area contributed by atoms with Gasteiger partial charge in [-0.3, -0.25) is 0 Å². The van der Waals surface area contributed by atoms with Crippen LogP contribution in [-0.4, -0.2) is 53.8 Å². The van der Waals surface area contributed by atoms with Gasteiger partial charge in [0.15, 0.2) is 0 Å². The molecule has 0 unspecified atom stereocenters. The monoisotopic (exact) mass is 432 g/mol. The molecule has 0 aliphatic carbocycles. The lowest BCUT2D eigenvalue weighted by Crippen LogP contribution is -2.34. The number of hydrogen-bond acceptors (Lipinski definition) is 7. The van der Waals surface area contributed by atoms with Crippen LogP contribution in [0.1, 0.15) is 21.5 Å². The number of benzene rings is 2. The number of rotatable bonds is 5. The number of hydrogen-bond donors (Lipinski definition) is 5. The van der Waals surface area contributed by atoms with Gasteiger partial charge in [0.05, 0.1) is 20.9 Å². The van der Waals surface area contributed by atoms with E-state index in [1.54, 1.807) is 0 Å². The van der Waals surface area contributed by atoms with E-state index in [0.29, 0.717) is 6.07 Å². The predicted octanol–water partition coefficient (Wildman–Crippen LogP) is -1.10. The van der Waals surface area contributed by atoms with Crippen LogP contribution in [0.15, 0.2) is 40.1 Å². The van der Waals surface area contributed by atoms with Crippen LogP contribution in [0, 0.1) is 6.92 Å². The molecule has 0 heterocycles. The van der Waals surface area contributed by atoms with Crippen molar-refractivity contribution in [2.45, 2.75) is 22.9 Å². The Kier molecular flexibility index (Phi) is 6.16. The molecule has 2 rings (SSSR count). The fourth-order valence-corrected chi connectivity index (χ4v) is 4.29. The summed E-state index contributed by atoms with van der Waals surface area (Å²) >= 11 is 0. The molecule has 5 N–H and O–H groups in total. The summed E-state index contributed by atoms with van der Waals surface area (Å²) < 4.78 is 66.1. The van der Waals surface area contributed by atoms with E-state index in [1.807, 2.05) is 0 Å². The average molecular weight is 432 g/mol. The third-order valence-electron chi connectivity index (χ3n) is 3.91. The summed E-state index contributed by atoms with van der Waals surface area (Å²) in [5.74, 6) is -2.20. The van der Waals surface area contributed by atoms with E-state index >= 15 is 0 Å². The number of aryl methyl sites for hydroxylation is 1. The molecule has 2 aromatic carbocycles. The second kappa shape index (κ2) is 7.80. The third-order valence-corrected chi connectivity index (χ3v) is 5.67. The summed E-state index contributed by atoms with van der Waals surface area (Å²) in [5, 5.41) is 46.3. The van der Waals surface area contributed by atoms with Gasteiger partial charge >= 0.3 is 26.4 Å². The highest BCUT2D eigenvalue weighted by Gasteiger charge is 2.41. The molecule has 29 heavy (non-hydrogen) atoms. The molecule has 0 saturated carbocycles. The van der Waals surface area contributed by atoms with Crippen molar-refractivity contribution in [3.05, 3.63) is 47.0 Å². The van der Waals surface area contributed by atoms with Gasteiger partial charge in [-0.25, -0.2) is 13.2 Å². The summed E-state index contributed by atoms with van der Waals surface area (Å²) in [5.41, 5.74) is -4.48. The molecule has 0 aliphatic heterocycles. The molecule has 0 aromatic heterocycles. The Morgan fingerprint density at radius 1 is 0.931 bits per heavy atom. The highest BCUT2D eigenvalue weighted by Crippen LogP contribution is 2.36. The maximum absolute atomic E-state index is 13.4. The Morgan fingerprint density at radius 3 is 1.90 bits per heavy atom. The first kappa shape index (κ1) is 22.9. The predicted molar refractivity (Wildman–Crippen MR) is 94.7 cm³/mol. The van der Waals surface area contributed by atoms with Gasteiger partial charge in [0.2, 0.25) is 9.84 Å². The number of halogens is 3. The highest BCUT2D eigenvalue weighted by atomic mass is 32.2. The van der Waals surface area contributed by atoms with Crippen LogP contribution < -0.4 is 10.9 Å². The number of sulfone groups is 1. The van der Waals surface area contributed by atoms with Crippen molar-refractivity contribution in [2.75, 3.05) is 0 Å². The van der Waals surface area contributed by atoms with Crippen LogP contribution >= 0.6 is 0 Å². The van der Waals surface area contributed by atoms with Crippen molar-refractivity contribution < 1.29 is 51.6 Å². The SMILES string of the molecule is Cc1cc(B(O)O)cc(S(=O)(=O)c2cc(B(O)O)cc(C(F)(F)F)c2C(=O)O)c1. The molecule has 0 amide bonds. The zero-order valence-electron chi connectivity index (χ0n) is 14.5. The van der Waals surface area contributed by atoms with E-state index in [1.165, 1.54) is 13.0 Å². The first-order valence-electron chi connectivity index (χ1n) is 7.73. The Morgan fingerprint density at radius 2 is 1.45 bits per heavy atom. The van der Waals surface area contributed by atoms with Crippen LogP contribution in [-0.2, 0) is 16.0 Å². The Balaban J connectivity index is 2.95. The number of aromatic carboxylic acids is 1. The standard InChI is InChI=1S/C15H13B2F3O8S/c1-7-2-8(16(23)24)4-10(3-7)29(27,28)12-6-9(17(25)26)5-11(15(18,19)20)13(12)14(21)22/h2-6,23-26H,1H3,(H,21,22). The van der Waals surface area contributed by atoms with Gasteiger partial charge in [0, 0.05) is 0 Å². The summed E-state index contributed by atoms with van der Waals surface area (Å²) in [4.78, 5) is 9.49. The van der Waals surface area contributed by atoms with Crippen LogP contribution in [0.25, 0.3) is 0 Å². The first-order chi connectivity index (χ1) is 13.2. The third kappa shape index (κ3) is 4.62. The van der Waals surface area contributed by atoms with E-state index < -0.39 is 62.6 Å². The molecule has 0 aliphatic rings. The number of carbonyl (C=O) groups is 1. The van der Waals surface area contributed by atoms with Crippen LogP contribution in [0.4, 0.5) is 13.2 Å². The molecule has 8 nitrogen and oxygen atoms in total. The van der Waals surface area contributed by atoms with E-state index in [0.717, 1.165) is 12.1 Å². The molecule has 0 bridgehead atoms. The van der Waals surface area contributed by atoms with Crippen LogP contribution in [0.5, 0.6) is 0 Å². The van der Waals surface area contributed by atoms with E-state index in [4.69, 9.17) is 0 Å². The molecular weight excluding hydrogens is 419 g/mol. The molecule has 0 fully saturated rings. The molecule has 0 saturated heterocycles. The van der Waals surface area contributed by atoms with Gasteiger partial charge in [-0.2, -0.15) is 13.2 Å².